The van der Waals surface area contributed by atoms with E-state index in [0.717, 1.165) is 29.2 Å². The topological polar surface area (TPSA) is 66.3 Å². The monoisotopic (exact) mass is 363 g/mol. The molecule has 3 heterocycles. The molecule has 1 aliphatic rings. The molecule has 0 radical (unpaired) electrons. The minimum absolute atomic E-state index is 0.144. The van der Waals surface area contributed by atoms with Gasteiger partial charge in [-0.2, -0.15) is 0 Å². The summed E-state index contributed by atoms with van der Waals surface area (Å²) in [5, 5.41) is 8.04. The number of carbonyl (C=O) groups excluding carboxylic acids is 1. The quantitative estimate of drug-likeness (QED) is 0.569. The van der Waals surface area contributed by atoms with Gasteiger partial charge >= 0.3 is 0 Å². The molecule has 7 heteroatoms. The summed E-state index contributed by atoms with van der Waals surface area (Å²) in [5.74, 6) is 1.22. The van der Waals surface area contributed by atoms with Crippen molar-refractivity contribution in [3.8, 4) is 0 Å². The molecular formula is C19H17N5OS. The van der Waals surface area contributed by atoms with Crippen LogP contribution in [0.5, 0.6) is 0 Å². The minimum Gasteiger partial charge on any atom is -0.337 e. The number of amides is 1. The summed E-state index contributed by atoms with van der Waals surface area (Å²) >= 11 is 1.45. The molecule has 5 rings (SSSR count). The van der Waals surface area contributed by atoms with Crippen LogP contribution in [0.1, 0.15) is 11.1 Å². The first-order chi connectivity index (χ1) is 12.8. The highest BCUT2D eigenvalue weighted by molar-refractivity contribution is 7.99. The largest absolute Gasteiger partial charge is 0.337 e. The number of nitrogens with one attached hydrogen (secondary N) is 1. The number of imidazole rings is 1. The Morgan fingerprint density at radius 1 is 1.12 bits per heavy atom. The van der Waals surface area contributed by atoms with E-state index in [1.165, 1.54) is 22.9 Å². The maximum atomic E-state index is 12.7. The van der Waals surface area contributed by atoms with Crippen molar-refractivity contribution in [2.75, 3.05) is 12.3 Å². The lowest BCUT2D eigenvalue weighted by molar-refractivity contribution is -0.129. The van der Waals surface area contributed by atoms with E-state index in [0.29, 0.717) is 18.1 Å². The van der Waals surface area contributed by atoms with Crippen molar-refractivity contribution in [1.82, 2.24) is 24.5 Å². The molecule has 0 fully saturated rings. The van der Waals surface area contributed by atoms with Crippen molar-refractivity contribution in [3.05, 3.63) is 59.7 Å². The Bertz CT molecular complexity index is 1120. The fourth-order valence-electron chi connectivity index (χ4n) is 3.47. The second kappa shape index (κ2) is 6.17. The zero-order valence-electron chi connectivity index (χ0n) is 14.1. The predicted octanol–water partition coefficient (Wildman–Crippen LogP) is 2.89. The van der Waals surface area contributed by atoms with Gasteiger partial charge in [-0.1, -0.05) is 48.2 Å². The van der Waals surface area contributed by atoms with Crippen molar-refractivity contribution in [1.29, 1.82) is 0 Å². The zero-order valence-corrected chi connectivity index (χ0v) is 14.9. The van der Waals surface area contributed by atoms with Gasteiger partial charge in [-0.15, -0.1) is 5.10 Å². The van der Waals surface area contributed by atoms with Gasteiger partial charge in [-0.3, -0.25) is 9.20 Å². The Kier molecular flexibility index (Phi) is 3.67. The van der Waals surface area contributed by atoms with Crippen LogP contribution >= 0.6 is 11.8 Å². The van der Waals surface area contributed by atoms with E-state index in [2.05, 4.69) is 33.4 Å². The van der Waals surface area contributed by atoms with E-state index in [9.17, 15) is 4.79 Å². The smallest absolute Gasteiger partial charge is 0.233 e. The second-order valence-electron chi connectivity index (χ2n) is 6.39. The molecule has 6 nitrogen and oxygen atoms in total. The van der Waals surface area contributed by atoms with Crippen molar-refractivity contribution in [2.45, 2.75) is 18.1 Å². The van der Waals surface area contributed by atoms with Crippen molar-refractivity contribution >= 4 is 34.5 Å². The van der Waals surface area contributed by atoms with Crippen LogP contribution in [0, 0.1) is 0 Å². The van der Waals surface area contributed by atoms with Gasteiger partial charge < -0.3 is 4.90 Å². The van der Waals surface area contributed by atoms with Gasteiger partial charge in [0.1, 0.15) is 0 Å². The summed E-state index contributed by atoms with van der Waals surface area (Å²) < 4.78 is 1.97. The maximum Gasteiger partial charge on any atom is 0.233 e. The number of hydrogen-bond donors (Lipinski definition) is 1. The van der Waals surface area contributed by atoms with Crippen LogP contribution in [0.3, 0.4) is 0 Å². The summed E-state index contributed by atoms with van der Waals surface area (Å²) in [4.78, 5) is 19.1. The number of H-pyrrole nitrogens is 1. The number of nitrogens with zero attached hydrogens (tertiary/aromatic N) is 4. The zero-order chi connectivity index (χ0) is 17.5. The van der Waals surface area contributed by atoms with Crippen LogP contribution in [-0.2, 0) is 17.8 Å². The SMILES string of the molecule is O=C(CSc1n[nH]c2nc3ccccc3n12)N1CCc2ccccc2C1. The lowest BCUT2D eigenvalue weighted by atomic mass is 10.00. The van der Waals surface area contributed by atoms with E-state index in [1.807, 2.05) is 39.6 Å². The van der Waals surface area contributed by atoms with Crippen LogP contribution in [0.4, 0.5) is 0 Å². The van der Waals surface area contributed by atoms with E-state index in [-0.39, 0.29) is 5.91 Å². The van der Waals surface area contributed by atoms with Crippen molar-refractivity contribution in [3.63, 3.8) is 0 Å². The molecule has 1 aliphatic heterocycles. The number of para-hydroxylation sites is 2. The Morgan fingerprint density at radius 2 is 1.92 bits per heavy atom. The molecule has 0 atom stereocenters. The van der Waals surface area contributed by atoms with Gasteiger partial charge in [0.05, 0.1) is 16.8 Å². The number of aromatic amines is 1. The van der Waals surface area contributed by atoms with E-state index in [4.69, 9.17) is 0 Å². The lowest BCUT2D eigenvalue weighted by Crippen LogP contribution is -2.37. The Morgan fingerprint density at radius 3 is 2.85 bits per heavy atom. The molecule has 26 heavy (non-hydrogen) atoms. The highest BCUT2D eigenvalue weighted by Gasteiger charge is 2.21. The highest BCUT2D eigenvalue weighted by atomic mass is 32.2. The molecule has 0 spiro atoms. The summed E-state index contributed by atoms with van der Waals surface area (Å²) in [6.45, 7) is 1.47. The van der Waals surface area contributed by atoms with Crippen LogP contribution in [0.2, 0.25) is 0 Å². The molecule has 130 valence electrons. The minimum atomic E-state index is 0.144. The van der Waals surface area contributed by atoms with Crippen LogP contribution in [0.15, 0.2) is 53.7 Å². The molecule has 0 bridgehead atoms. The number of carbonyl (C=O) groups is 1. The fourth-order valence-corrected chi connectivity index (χ4v) is 4.32. The summed E-state index contributed by atoms with van der Waals surface area (Å²) in [6, 6.07) is 16.3. The molecule has 0 unspecified atom stereocenters. The molecule has 2 aromatic carbocycles. The Balaban J connectivity index is 1.34. The summed E-state index contributed by atoms with van der Waals surface area (Å²) in [5.41, 5.74) is 4.52. The van der Waals surface area contributed by atoms with Gasteiger partial charge in [0.25, 0.3) is 0 Å². The van der Waals surface area contributed by atoms with Crippen LogP contribution in [-0.4, -0.2) is 42.7 Å². The van der Waals surface area contributed by atoms with Gasteiger partial charge in [-0.05, 0) is 29.7 Å². The lowest BCUT2D eigenvalue weighted by Gasteiger charge is -2.28. The maximum absolute atomic E-state index is 12.7. The number of hydrogen-bond acceptors (Lipinski definition) is 4. The number of fused-ring (bicyclic) bond motifs is 4. The third kappa shape index (κ3) is 2.55. The summed E-state index contributed by atoms with van der Waals surface area (Å²) in [7, 11) is 0. The Labute approximate surface area is 154 Å². The van der Waals surface area contributed by atoms with Crippen LogP contribution in [0.25, 0.3) is 16.8 Å². The Hall–Kier alpha value is -2.80. The van der Waals surface area contributed by atoms with Gasteiger partial charge in [0, 0.05) is 13.1 Å². The predicted molar refractivity (Wildman–Crippen MR) is 101 cm³/mol. The average molecular weight is 363 g/mol. The molecule has 4 aromatic rings. The van der Waals surface area contributed by atoms with Gasteiger partial charge in [0.15, 0.2) is 5.16 Å². The molecule has 1 N–H and O–H groups in total. The van der Waals surface area contributed by atoms with Crippen molar-refractivity contribution < 1.29 is 4.79 Å². The second-order valence-corrected chi connectivity index (χ2v) is 7.33. The first-order valence-electron chi connectivity index (χ1n) is 8.58. The standard InChI is InChI=1S/C19H17N5OS/c25-17(23-10-9-13-5-1-2-6-14(13)11-23)12-26-19-22-21-18-20-15-7-3-4-8-16(15)24(18)19/h1-8H,9-12H2,(H,20,21). The van der Waals surface area contributed by atoms with Gasteiger partial charge in [-0.25, -0.2) is 10.1 Å². The average Bonchev–Trinajstić information content (AvgIpc) is 3.25. The number of thioether (sulfide) groups is 1. The molecule has 1 amide bonds. The van der Waals surface area contributed by atoms with Crippen molar-refractivity contribution in [2.24, 2.45) is 0 Å². The normalized spacial score (nSPS) is 14.1. The highest BCUT2D eigenvalue weighted by Crippen LogP contribution is 2.24. The number of aromatic nitrogens is 4. The molecular weight excluding hydrogens is 346 g/mol. The molecule has 0 saturated heterocycles. The number of rotatable bonds is 3. The third-order valence-electron chi connectivity index (χ3n) is 4.81. The number of benzene rings is 2. The molecule has 0 aliphatic carbocycles. The van der Waals surface area contributed by atoms with E-state index < -0.39 is 0 Å². The van der Waals surface area contributed by atoms with E-state index in [1.54, 1.807) is 0 Å². The van der Waals surface area contributed by atoms with Gasteiger partial charge in [0.2, 0.25) is 11.7 Å². The first kappa shape index (κ1) is 15.5. The van der Waals surface area contributed by atoms with Crippen LogP contribution < -0.4 is 0 Å². The molecule has 0 saturated carbocycles. The first-order valence-corrected chi connectivity index (χ1v) is 9.57. The third-order valence-corrected chi connectivity index (χ3v) is 5.74. The summed E-state index contributed by atoms with van der Waals surface area (Å²) in [6.07, 6.45) is 0.922. The molecule has 2 aromatic heterocycles. The van der Waals surface area contributed by atoms with E-state index >= 15 is 0 Å². The fraction of sp³-hybridized carbons (Fsp3) is 0.211.